The van der Waals surface area contributed by atoms with Gasteiger partial charge >= 0.3 is 0 Å². The highest BCUT2D eigenvalue weighted by Crippen LogP contribution is 2.13. The van der Waals surface area contributed by atoms with Crippen molar-refractivity contribution in [2.45, 2.75) is 26.2 Å². The molecule has 17 heavy (non-hydrogen) atoms. The van der Waals surface area contributed by atoms with E-state index in [1.54, 1.807) is 0 Å². The Kier molecular flexibility index (Phi) is 5.06. The van der Waals surface area contributed by atoms with Crippen LogP contribution in [0.15, 0.2) is 18.3 Å². The molecule has 1 aromatic heterocycles. The van der Waals surface area contributed by atoms with Crippen LogP contribution >= 0.6 is 0 Å². The van der Waals surface area contributed by atoms with Crippen molar-refractivity contribution in [3.63, 3.8) is 0 Å². The van der Waals surface area contributed by atoms with Gasteiger partial charge in [0.1, 0.15) is 5.82 Å². The average Bonchev–Trinajstić information content (AvgIpc) is 2.30. The molecule has 0 fully saturated rings. The fraction of sp³-hybridized carbons (Fsp3) is 0.455. The summed E-state index contributed by atoms with van der Waals surface area (Å²) in [5, 5.41) is 21.1. The Morgan fingerprint density at radius 1 is 1.59 bits per heavy atom. The molecule has 6 heteroatoms. The van der Waals surface area contributed by atoms with Gasteiger partial charge in [0, 0.05) is 30.9 Å². The van der Waals surface area contributed by atoms with Gasteiger partial charge in [-0.25, -0.2) is 4.98 Å². The molecule has 0 aromatic carbocycles. The third-order valence-corrected chi connectivity index (χ3v) is 2.24. The van der Waals surface area contributed by atoms with Crippen molar-refractivity contribution < 1.29 is 4.92 Å². The Bertz CT molecular complexity index is 406. The summed E-state index contributed by atoms with van der Waals surface area (Å²) < 4.78 is 0. The molecule has 0 aliphatic heterocycles. The molecule has 0 amide bonds. The second-order valence-electron chi connectivity index (χ2n) is 3.69. The second-order valence-corrected chi connectivity index (χ2v) is 3.69. The Morgan fingerprint density at radius 2 is 2.35 bits per heavy atom. The number of hydrogen-bond donors (Lipinski definition) is 2. The Labute approximate surface area is 99.7 Å². The molecule has 2 N–H and O–H groups in total. The van der Waals surface area contributed by atoms with Crippen molar-refractivity contribution in [2.24, 2.45) is 0 Å². The molecule has 92 valence electrons. The van der Waals surface area contributed by atoms with E-state index in [1.807, 2.05) is 6.92 Å². The minimum atomic E-state index is -0.452. The normalized spacial score (nSPS) is 9.94. The molecule has 0 aliphatic rings. The lowest BCUT2D eigenvalue weighted by molar-refractivity contribution is -0.384. The molecule has 0 saturated carbocycles. The van der Waals surface area contributed by atoms with Gasteiger partial charge in [-0.1, -0.05) is 13.3 Å². The number of pyridine rings is 1. The molecule has 0 aliphatic carbocycles. The Balaban J connectivity index is 2.44. The van der Waals surface area contributed by atoms with E-state index in [9.17, 15) is 10.1 Å². The van der Waals surface area contributed by atoms with Crippen molar-refractivity contribution in [1.82, 2.24) is 4.98 Å². The number of rotatable bonds is 7. The minimum Gasteiger partial charge on any atom is -0.369 e. The molecule has 0 radical (unpaired) electrons. The zero-order chi connectivity index (χ0) is 12.7. The lowest BCUT2D eigenvalue weighted by Crippen LogP contribution is -2.08. The quantitative estimate of drug-likeness (QED) is 0.432. The third kappa shape index (κ3) is 4.58. The summed E-state index contributed by atoms with van der Waals surface area (Å²) in [7, 11) is 0. The van der Waals surface area contributed by atoms with E-state index < -0.39 is 4.92 Å². The van der Waals surface area contributed by atoms with Crippen molar-refractivity contribution in [3.05, 3.63) is 28.4 Å². The van der Waals surface area contributed by atoms with Gasteiger partial charge in [-0.2, -0.15) is 0 Å². The summed E-state index contributed by atoms with van der Waals surface area (Å²) in [6, 6.07) is 2.74. The van der Waals surface area contributed by atoms with Gasteiger partial charge in [-0.15, -0.1) is 0 Å². The van der Waals surface area contributed by atoms with E-state index in [2.05, 4.69) is 10.3 Å². The monoisotopic (exact) mass is 236 g/mol. The summed E-state index contributed by atoms with van der Waals surface area (Å²) in [5.41, 5.74) is 0.705. The first-order chi connectivity index (χ1) is 8.13. The summed E-state index contributed by atoms with van der Waals surface area (Å²) in [4.78, 5) is 14.1. The number of nitrogens with zero attached hydrogens (tertiary/aromatic N) is 2. The van der Waals surface area contributed by atoms with Crippen LogP contribution in [-0.4, -0.2) is 22.2 Å². The molecule has 0 bridgehead atoms. The van der Waals surface area contributed by atoms with Crippen molar-refractivity contribution in [2.75, 3.05) is 11.9 Å². The van der Waals surface area contributed by atoms with Gasteiger partial charge in [-0.3, -0.25) is 10.1 Å². The molecule has 0 saturated heterocycles. The molecular formula is C11H16N4O2. The number of nitrogens with one attached hydrogen (secondary N) is 2. The summed E-state index contributed by atoms with van der Waals surface area (Å²) >= 11 is 0. The predicted octanol–water partition coefficient (Wildman–Crippen LogP) is 2.61. The number of hydrogen-bond acceptors (Lipinski definition) is 5. The molecule has 0 unspecified atom stereocenters. The topological polar surface area (TPSA) is 91.9 Å². The van der Waals surface area contributed by atoms with Crippen LogP contribution in [0.5, 0.6) is 0 Å². The predicted molar refractivity (Wildman–Crippen MR) is 66.6 cm³/mol. The smallest absolute Gasteiger partial charge is 0.274 e. The molecule has 0 spiro atoms. The summed E-state index contributed by atoms with van der Waals surface area (Å²) in [5.74, 6) is 0.475. The highest BCUT2D eigenvalue weighted by atomic mass is 16.6. The zero-order valence-electron chi connectivity index (χ0n) is 9.77. The number of anilines is 1. The van der Waals surface area contributed by atoms with Gasteiger partial charge in [0.15, 0.2) is 0 Å². The maximum absolute atomic E-state index is 10.5. The van der Waals surface area contributed by atoms with E-state index >= 15 is 0 Å². The van der Waals surface area contributed by atoms with E-state index in [0.29, 0.717) is 24.5 Å². The first-order valence-corrected chi connectivity index (χ1v) is 5.54. The van der Waals surface area contributed by atoms with Crippen LogP contribution in [0, 0.1) is 15.5 Å². The zero-order valence-corrected chi connectivity index (χ0v) is 9.77. The fourth-order valence-corrected chi connectivity index (χ4v) is 1.40. The summed E-state index contributed by atoms with van der Waals surface area (Å²) in [6.45, 7) is 2.61. The first-order valence-electron chi connectivity index (χ1n) is 5.54. The molecule has 6 nitrogen and oxygen atoms in total. The van der Waals surface area contributed by atoms with Gasteiger partial charge in [0.05, 0.1) is 11.0 Å². The van der Waals surface area contributed by atoms with E-state index in [0.717, 1.165) is 12.8 Å². The highest BCUT2D eigenvalue weighted by molar-refractivity contribution is 5.81. The Hall–Kier alpha value is -1.98. The first kappa shape index (κ1) is 13.1. The average molecular weight is 236 g/mol. The van der Waals surface area contributed by atoms with Crippen LogP contribution in [0.2, 0.25) is 0 Å². The van der Waals surface area contributed by atoms with E-state index in [1.165, 1.54) is 18.3 Å². The lowest BCUT2D eigenvalue weighted by atomic mass is 10.1. The largest absolute Gasteiger partial charge is 0.369 e. The number of nitro groups is 1. The van der Waals surface area contributed by atoms with Crippen LogP contribution in [0.3, 0.4) is 0 Å². The molecule has 1 rings (SSSR count). The number of aromatic nitrogens is 1. The van der Waals surface area contributed by atoms with Crippen molar-refractivity contribution in [3.8, 4) is 0 Å². The van der Waals surface area contributed by atoms with Gasteiger partial charge in [0.25, 0.3) is 5.69 Å². The maximum atomic E-state index is 10.5. The third-order valence-electron chi connectivity index (χ3n) is 2.24. The lowest BCUT2D eigenvalue weighted by Gasteiger charge is -2.05. The van der Waals surface area contributed by atoms with Gasteiger partial charge in [0.2, 0.25) is 0 Å². The SMILES string of the molecule is CCCC(=N)CCNc1cc([N+](=O)[O-])ccn1. The van der Waals surface area contributed by atoms with Crippen LogP contribution < -0.4 is 5.32 Å². The minimum absolute atomic E-state index is 0.0196. The standard InChI is InChI=1S/C11H16N4O2/c1-2-3-9(12)4-6-13-11-8-10(15(16)17)5-7-14-11/h5,7-8,12H,2-4,6H2,1H3,(H,13,14). The second kappa shape index (κ2) is 6.57. The van der Waals surface area contributed by atoms with Crippen molar-refractivity contribution >= 4 is 17.2 Å². The summed E-state index contributed by atoms with van der Waals surface area (Å²) in [6.07, 6.45) is 3.80. The van der Waals surface area contributed by atoms with E-state index in [-0.39, 0.29) is 5.69 Å². The van der Waals surface area contributed by atoms with Crippen LogP contribution in [0.25, 0.3) is 0 Å². The fourth-order valence-electron chi connectivity index (χ4n) is 1.40. The van der Waals surface area contributed by atoms with Gasteiger partial charge < -0.3 is 10.7 Å². The molecular weight excluding hydrogens is 220 g/mol. The maximum Gasteiger partial charge on any atom is 0.274 e. The van der Waals surface area contributed by atoms with Crippen LogP contribution in [0.4, 0.5) is 11.5 Å². The molecule has 0 atom stereocenters. The molecule has 1 heterocycles. The van der Waals surface area contributed by atoms with Crippen LogP contribution in [-0.2, 0) is 0 Å². The van der Waals surface area contributed by atoms with Crippen LogP contribution in [0.1, 0.15) is 26.2 Å². The van der Waals surface area contributed by atoms with E-state index in [4.69, 9.17) is 5.41 Å². The van der Waals surface area contributed by atoms with Crippen molar-refractivity contribution in [1.29, 1.82) is 5.41 Å². The highest BCUT2D eigenvalue weighted by Gasteiger charge is 2.06. The molecule has 1 aromatic rings. The Morgan fingerprint density at radius 3 is 3.00 bits per heavy atom. The van der Waals surface area contributed by atoms with Gasteiger partial charge in [-0.05, 0) is 6.42 Å².